The molecule has 2 aromatic carbocycles. The summed E-state index contributed by atoms with van der Waals surface area (Å²) in [6.45, 7) is 1.95. The number of fused-ring (bicyclic) bond motifs is 1. The maximum Gasteiger partial charge on any atom is 0.262 e. The lowest BCUT2D eigenvalue weighted by molar-refractivity contribution is 0.0943. The number of thiophene rings is 1. The molecule has 0 fully saturated rings. The minimum absolute atomic E-state index is 0.0817. The molecule has 25 heavy (non-hydrogen) atoms. The third-order valence-electron chi connectivity index (χ3n) is 4.21. The lowest BCUT2D eigenvalue weighted by Gasteiger charge is -2.17. The van der Waals surface area contributed by atoms with Crippen molar-refractivity contribution in [2.75, 3.05) is 0 Å². The van der Waals surface area contributed by atoms with Crippen molar-refractivity contribution in [3.8, 4) is 0 Å². The van der Waals surface area contributed by atoms with Crippen molar-refractivity contribution in [2.24, 2.45) is 0 Å². The van der Waals surface area contributed by atoms with Crippen LogP contribution in [0.15, 0.2) is 76.5 Å². The topological polar surface area (TPSA) is 42.2 Å². The van der Waals surface area contributed by atoms with Crippen molar-refractivity contribution in [1.29, 1.82) is 0 Å². The number of furan rings is 1. The molecule has 0 saturated carbocycles. The molecule has 1 unspecified atom stereocenters. The molecular weight excluding hydrogens is 330 g/mol. The molecule has 0 aliphatic heterocycles. The van der Waals surface area contributed by atoms with Gasteiger partial charge in [0, 0.05) is 5.39 Å². The summed E-state index contributed by atoms with van der Waals surface area (Å²) in [6, 6.07) is 21.4. The van der Waals surface area contributed by atoms with Crippen LogP contribution in [0.2, 0.25) is 0 Å². The predicted molar refractivity (Wildman–Crippen MR) is 101 cm³/mol. The average molecular weight is 347 g/mol. The number of hydrogen-bond donors (Lipinski definition) is 1. The SMILES string of the molecule is Cc1ccsc1C(=O)NC(c1ccccc1)c1cc2ccccc2o1. The molecule has 4 rings (SSSR count). The molecule has 0 saturated heterocycles. The van der Waals surface area contributed by atoms with Gasteiger partial charge in [0.25, 0.3) is 5.91 Å². The minimum atomic E-state index is -0.331. The van der Waals surface area contributed by atoms with Crippen LogP contribution < -0.4 is 5.32 Å². The number of aryl methyl sites for hydroxylation is 1. The maximum atomic E-state index is 12.8. The zero-order valence-corrected chi connectivity index (χ0v) is 14.5. The van der Waals surface area contributed by atoms with Crippen molar-refractivity contribution in [1.82, 2.24) is 5.32 Å². The average Bonchev–Trinajstić information content (AvgIpc) is 3.26. The van der Waals surface area contributed by atoms with E-state index < -0.39 is 0 Å². The minimum Gasteiger partial charge on any atom is -0.459 e. The summed E-state index contributed by atoms with van der Waals surface area (Å²) in [4.78, 5) is 13.5. The van der Waals surface area contributed by atoms with Gasteiger partial charge < -0.3 is 9.73 Å². The van der Waals surface area contributed by atoms with E-state index in [4.69, 9.17) is 4.42 Å². The molecule has 0 radical (unpaired) electrons. The van der Waals surface area contributed by atoms with Gasteiger partial charge in [-0.3, -0.25) is 4.79 Å². The summed E-state index contributed by atoms with van der Waals surface area (Å²) in [6.07, 6.45) is 0. The molecule has 2 heterocycles. The lowest BCUT2D eigenvalue weighted by atomic mass is 10.0. The molecule has 0 bridgehead atoms. The Morgan fingerprint density at radius 3 is 2.52 bits per heavy atom. The fraction of sp³-hybridized carbons (Fsp3) is 0.0952. The molecule has 1 N–H and O–H groups in total. The summed E-state index contributed by atoms with van der Waals surface area (Å²) >= 11 is 1.45. The number of rotatable bonds is 4. The molecule has 3 nitrogen and oxygen atoms in total. The summed E-state index contributed by atoms with van der Waals surface area (Å²) in [5, 5.41) is 6.09. The van der Waals surface area contributed by atoms with Gasteiger partial charge in [-0.25, -0.2) is 0 Å². The zero-order valence-electron chi connectivity index (χ0n) is 13.7. The Hall–Kier alpha value is -2.85. The third-order valence-corrected chi connectivity index (χ3v) is 5.22. The zero-order chi connectivity index (χ0) is 17.2. The van der Waals surface area contributed by atoms with Crippen molar-refractivity contribution in [2.45, 2.75) is 13.0 Å². The standard InChI is InChI=1S/C21H17NO2S/c1-14-11-12-25-20(14)21(23)22-19(15-7-3-2-4-8-15)18-13-16-9-5-6-10-17(16)24-18/h2-13,19H,1H3,(H,22,23). The number of hydrogen-bond acceptors (Lipinski definition) is 3. The second kappa shape index (κ2) is 6.57. The largest absolute Gasteiger partial charge is 0.459 e. The molecule has 4 aromatic rings. The summed E-state index contributed by atoms with van der Waals surface area (Å²) in [5.41, 5.74) is 2.79. The van der Waals surface area contributed by atoms with Crippen LogP contribution in [0.25, 0.3) is 11.0 Å². The van der Waals surface area contributed by atoms with Crippen LogP contribution in [0.3, 0.4) is 0 Å². The first-order valence-corrected chi connectivity index (χ1v) is 8.99. The molecular formula is C21H17NO2S. The Morgan fingerprint density at radius 2 is 1.80 bits per heavy atom. The smallest absolute Gasteiger partial charge is 0.262 e. The van der Waals surface area contributed by atoms with E-state index in [2.05, 4.69) is 5.32 Å². The molecule has 0 spiro atoms. The fourth-order valence-corrected chi connectivity index (χ4v) is 3.74. The van der Waals surface area contributed by atoms with Gasteiger partial charge in [-0.15, -0.1) is 11.3 Å². The van der Waals surface area contributed by atoms with Gasteiger partial charge in [0.2, 0.25) is 0 Å². The predicted octanol–water partition coefficient (Wildman–Crippen LogP) is 5.32. The van der Waals surface area contributed by atoms with Gasteiger partial charge in [-0.1, -0.05) is 48.5 Å². The van der Waals surface area contributed by atoms with E-state index in [1.807, 2.05) is 79.0 Å². The van der Waals surface area contributed by atoms with Crippen LogP contribution in [-0.4, -0.2) is 5.91 Å². The molecule has 1 amide bonds. The van der Waals surface area contributed by atoms with Crippen molar-refractivity contribution in [3.05, 3.63) is 93.9 Å². The number of para-hydroxylation sites is 1. The molecule has 124 valence electrons. The Kier molecular flexibility index (Phi) is 4.12. The van der Waals surface area contributed by atoms with Crippen LogP contribution in [0.5, 0.6) is 0 Å². The molecule has 0 aliphatic rings. The lowest BCUT2D eigenvalue weighted by Crippen LogP contribution is -2.28. The molecule has 2 aromatic heterocycles. The molecule has 4 heteroatoms. The van der Waals surface area contributed by atoms with Crippen molar-refractivity contribution >= 4 is 28.2 Å². The second-order valence-electron chi connectivity index (χ2n) is 5.94. The van der Waals surface area contributed by atoms with Crippen LogP contribution >= 0.6 is 11.3 Å². The summed E-state index contributed by atoms with van der Waals surface area (Å²) in [7, 11) is 0. The Bertz CT molecular complexity index is 984. The van der Waals surface area contributed by atoms with E-state index in [9.17, 15) is 4.79 Å². The number of amides is 1. The van der Waals surface area contributed by atoms with Crippen LogP contribution in [0.1, 0.15) is 32.6 Å². The van der Waals surface area contributed by atoms with Crippen molar-refractivity contribution < 1.29 is 9.21 Å². The van der Waals surface area contributed by atoms with Crippen LogP contribution in [0, 0.1) is 6.92 Å². The Morgan fingerprint density at radius 1 is 1.04 bits per heavy atom. The van der Waals surface area contributed by atoms with Gasteiger partial charge in [0.15, 0.2) is 0 Å². The highest BCUT2D eigenvalue weighted by atomic mass is 32.1. The van der Waals surface area contributed by atoms with Gasteiger partial charge in [0.05, 0.1) is 4.88 Å². The first-order valence-electron chi connectivity index (χ1n) is 8.11. The highest BCUT2D eigenvalue weighted by Gasteiger charge is 2.22. The summed E-state index contributed by atoms with van der Waals surface area (Å²) in [5.74, 6) is 0.650. The number of carbonyl (C=O) groups is 1. The van der Waals surface area contributed by atoms with Gasteiger partial charge in [-0.2, -0.15) is 0 Å². The van der Waals surface area contributed by atoms with Gasteiger partial charge in [-0.05, 0) is 41.6 Å². The van der Waals surface area contributed by atoms with E-state index in [0.29, 0.717) is 0 Å². The summed E-state index contributed by atoms with van der Waals surface area (Å²) < 4.78 is 6.02. The Balaban J connectivity index is 1.74. The first-order chi connectivity index (χ1) is 12.2. The van der Waals surface area contributed by atoms with E-state index in [-0.39, 0.29) is 11.9 Å². The van der Waals surface area contributed by atoms with Crippen molar-refractivity contribution in [3.63, 3.8) is 0 Å². The number of nitrogens with one attached hydrogen (secondary N) is 1. The number of carbonyl (C=O) groups excluding carboxylic acids is 1. The quantitative estimate of drug-likeness (QED) is 0.543. The third kappa shape index (κ3) is 3.08. The van der Waals surface area contributed by atoms with E-state index in [1.165, 1.54) is 11.3 Å². The van der Waals surface area contributed by atoms with E-state index >= 15 is 0 Å². The maximum absolute atomic E-state index is 12.8. The first kappa shape index (κ1) is 15.7. The molecule has 1 atom stereocenters. The monoisotopic (exact) mass is 347 g/mol. The fourth-order valence-electron chi connectivity index (χ4n) is 2.91. The van der Waals surface area contributed by atoms with Crippen LogP contribution in [0.4, 0.5) is 0 Å². The highest BCUT2D eigenvalue weighted by Crippen LogP contribution is 2.29. The molecule has 0 aliphatic carbocycles. The van der Waals surface area contributed by atoms with Crippen LogP contribution in [-0.2, 0) is 0 Å². The van der Waals surface area contributed by atoms with E-state index in [1.54, 1.807) is 0 Å². The Labute approximate surface area is 149 Å². The normalized spacial score (nSPS) is 12.2. The van der Waals surface area contributed by atoms with E-state index in [0.717, 1.165) is 32.7 Å². The number of benzene rings is 2. The highest BCUT2D eigenvalue weighted by molar-refractivity contribution is 7.12. The van der Waals surface area contributed by atoms with Gasteiger partial charge >= 0.3 is 0 Å². The second-order valence-corrected chi connectivity index (χ2v) is 6.85. The van der Waals surface area contributed by atoms with Gasteiger partial charge in [0.1, 0.15) is 17.4 Å².